The number of halogens is 2. The first-order chi connectivity index (χ1) is 7.57. The molecule has 0 unspecified atom stereocenters. The van der Waals surface area contributed by atoms with Crippen LogP contribution in [0, 0.1) is 11.6 Å². The second kappa shape index (κ2) is 5.84. The number of hydrogen-bond donors (Lipinski definition) is 1. The first-order valence-corrected chi connectivity index (χ1v) is 5.93. The first kappa shape index (κ1) is 13.0. The highest BCUT2D eigenvalue weighted by molar-refractivity contribution is 8.00. The second-order valence-corrected chi connectivity index (χ2v) is 4.19. The maximum Gasteiger partial charge on any atom is 0.165 e. The van der Waals surface area contributed by atoms with Crippen LogP contribution in [0.2, 0.25) is 0 Å². The molecule has 0 saturated carbocycles. The molecule has 0 bridgehead atoms. The van der Waals surface area contributed by atoms with Crippen LogP contribution < -0.4 is 4.72 Å². The van der Waals surface area contributed by atoms with Gasteiger partial charge in [-0.3, -0.25) is 4.79 Å². The number of carbonyl (C=O) groups is 1. The van der Waals surface area contributed by atoms with Gasteiger partial charge >= 0.3 is 0 Å². The minimum Gasteiger partial charge on any atom is -0.327 e. The highest BCUT2D eigenvalue weighted by atomic mass is 32.2. The third-order valence-corrected chi connectivity index (χ3v) is 2.91. The molecule has 1 aromatic rings. The van der Waals surface area contributed by atoms with Crippen LogP contribution in [0.4, 0.5) is 14.5 Å². The number of Topliss-reactive ketones (excluding diaryl/α,β-unsaturated/α-hetero) is 1. The van der Waals surface area contributed by atoms with E-state index in [2.05, 4.69) is 4.72 Å². The van der Waals surface area contributed by atoms with Gasteiger partial charge in [0.1, 0.15) is 5.82 Å². The molecule has 0 atom stereocenters. The summed E-state index contributed by atoms with van der Waals surface area (Å²) in [6.45, 7) is 3.14. The second-order valence-electron chi connectivity index (χ2n) is 3.29. The fraction of sp³-hybridized carbons (Fsp3) is 0.364. The molecule has 0 aromatic heterocycles. The van der Waals surface area contributed by atoms with Crippen molar-refractivity contribution in [2.75, 3.05) is 10.5 Å². The van der Waals surface area contributed by atoms with Gasteiger partial charge in [0.25, 0.3) is 0 Å². The van der Waals surface area contributed by atoms with Crippen molar-refractivity contribution in [3.63, 3.8) is 0 Å². The van der Waals surface area contributed by atoms with E-state index >= 15 is 0 Å². The van der Waals surface area contributed by atoms with E-state index in [0.29, 0.717) is 0 Å². The summed E-state index contributed by atoms with van der Waals surface area (Å²) in [5, 5.41) is 0. The van der Waals surface area contributed by atoms with Gasteiger partial charge in [-0.2, -0.15) is 0 Å². The molecule has 88 valence electrons. The normalized spacial score (nSPS) is 10.2. The first-order valence-electron chi connectivity index (χ1n) is 4.94. The molecular weight excluding hydrogens is 232 g/mol. The van der Waals surface area contributed by atoms with E-state index < -0.39 is 23.0 Å². The van der Waals surface area contributed by atoms with Gasteiger partial charge in [-0.15, -0.1) is 0 Å². The van der Waals surface area contributed by atoms with Crippen molar-refractivity contribution >= 4 is 23.4 Å². The van der Waals surface area contributed by atoms with Crippen molar-refractivity contribution in [2.45, 2.75) is 20.3 Å². The van der Waals surface area contributed by atoms with Gasteiger partial charge in [0.2, 0.25) is 0 Å². The molecule has 0 spiro atoms. The fourth-order valence-corrected chi connectivity index (χ4v) is 1.80. The number of benzene rings is 1. The summed E-state index contributed by atoms with van der Waals surface area (Å²) in [4.78, 5) is 11.1. The van der Waals surface area contributed by atoms with Gasteiger partial charge in [-0.1, -0.05) is 18.9 Å². The molecule has 0 aliphatic heterocycles. The topological polar surface area (TPSA) is 29.1 Å². The minimum atomic E-state index is -0.823. The van der Waals surface area contributed by atoms with Crippen LogP contribution in [0.1, 0.15) is 30.6 Å². The van der Waals surface area contributed by atoms with Gasteiger partial charge in [-0.05, 0) is 25.5 Å². The molecule has 1 rings (SSSR count). The molecule has 1 N–H and O–H groups in total. The van der Waals surface area contributed by atoms with E-state index in [0.717, 1.165) is 25.2 Å². The molecule has 2 nitrogen and oxygen atoms in total. The Morgan fingerprint density at radius 3 is 2.69 bits per heavy atom. The van der Waals surface area contributed by atoms with E-state index in [4.69, 9.17) is 0 Å². The summed E-state index contributed by atoms with van der Waals surface area (Å²) >= 11 is 1.32. The minimum absolute atomic E-state index is 0.144. The monoisotopic (exact) mass is 245 g/mol. The number of anilines is 1. The molecule has 0 aliphatic rings. The number of ketones is 1. The van der Waals surface area contributed by atoms with Crippen molar-refractivity contribution < 1.29 is 13.6 Å². The molecule has 5 heteroatoms. The lowest BCUT2D eigenvalue weighted by Gasteiger charge is -2.08. The van der Waals surface area contributed by atoms with Crippen LogP contribution in [0.5, 0.6) is 0 Å². The van der Waals surface area contributed by atoms with E-state index in [-0.39, 0.29) is 5.69 Å². The Bertz CT molecular complexity index is 396. The summed E-state index contributed by atoms with van der Waals surface area (Å²) in [5.41, 5.74) is -0.341. The van der Waals surface area contributed by atoms with Crippen molar-refractivity contribution in [1.82, 2.24) is 0 Å². The van der Waals surface area contributed by atoms with Crippen molar-refractivity contribution in [3.8, 4) is 0 Å². The molecule has 0 heterocycles. The van der Waals surface area contributed by atoms with E-state index in [9.17, 15) is 13.6 Å². The van der Waals surface area contributed by atoms with Crippen molar-refractivity contribution in [1.29, 1.82) is 0 Å². The largest absolute Gasteiger partial charge is 0.327 e. The van der Waals surface area contributed by atoms with Gasteiger partial charge in [0, 0.05) is 5.75 Å². The highest BCUT2D eigenvalue weighted by Gasteiger charge is 2.17. The summed E-state index contributed by atoms with van der Waals surface area (Å²) < 4.78 is 29.6. The number of nitrogens with one attached hydrogen (secondary N) is 1. The Hall–Kier alpha value is -1.10. The zero-order chi connectivity index (χ0) is 12.1. The maximum atomic E-state index is 13.7. The summed E-state index contributed by atoms with van der Waals surface area (Å²) in [7, 11) is 0. The Balaban J connectivity index is 2.95. The van der Waals surface area contributed by atoms with Crippen molar-refractivity contribution in [3.05, 3.63) is 29.3 Å². The average Bonchev–Trinajstić information content (AvgIpc) is 2.21. The van der Waals surface area contributed by atoms with Crippen LogP contribution in [0.15, 0.2) is 12.1 Å². The van der Waals surface area contributed by atoms with Crippen LogP contribution in [-0.2, 0) is 0 Å². The van der Waals surface area contributed by atoms with Gasteiger partial charge in [0.15, 0.2) is 11.6 Å². The number of hydrogen-bond acceptors (Lipinski definition) is 3. The summed E-state index contributed by atoms with van der Waals surface area (Å²) in [5.74, 6) is -1.45. The summed E-state index contributed by atoms with van der Waals surface area (Å²) in [6, 6.07) is 2.38. The molecule has 16 heavy (non-hydrogen) atoms. The molecule has 0 fully saturated rings. The lowest BCUT2D eigenvalue weighted by atomic mass is 10.1. The fourth-order valence-electron chi connectivity index (χ4n) is 1.18. The molecule has 0 amide bonds. The molecule has 0 aliphatic carbocycles. The van der Waals surface area contributed by atoms with E-state index in [1.165, 1.54) is 18.0 Å². The third-order valence-electron chi connectivity index (χ3n) is 1.93. The Morgan fingerprint density at radius 1 is 1.44 bits per heavy atom. The highest BCUT2D eigenvalue weighted by Crippen LogP contribution is 2.23. The average molecular weight is 245 g/mol. The third kappa shape index (κ3) is 2.95. The van der Waals surface area contributed by atoms with Gasteiger partial charge in [0.05, 0.1) is 11.3 Å². The Labute approximate surface area is 97.6 Å². The van der Waals surface area contributed by atoms with Crippen LogP contribution in [0.3, 0.4) is 0 Å². The molecule has 0 saturated heterocycles. The number of carbonyl (C=O) groups excluding carboxylic acids is 1. The predicted octanol–water partition coefficient (Wildman–Crippen LogP) is 3.64. The van der Waals surface area contributed by atoms with Gasteiger partial charge < -0.3 is 4.72 Å². The smallest absolute Gasteiger partial charge is 0.165 e. The Morgan fingerprint density at radius 2 is 2.12 bits per heavy atom. The quantitative estimate of drug-likeness (QED) is 0.488. The van der Waals surface area contributed by atoms with E-state index in [1.54, 1.807) is 0 Å². The van der Waals surface area contributed by atoms with E-state index in [1.807, 2.05) is 6.92 Å². The lowest BCUT2D eigenvalue weighted by Crippen LogP contribution is -2.04. The predicted molar refractivity (Wildman–Crippen MR) is 62.7 cm³/mol. The van der Waals surface area contributed by atoms with Crippen LogP contribution >= 0.6 is 11.9 Å². The molecule has 1 aromatic carbocycles. The van der Waals surface area contributed by atoms with Crippen molar-refractivity contribution in [2.24, 2.45) is 0 Å². The maximum absolute atomic E-state index is 13.7. The summed E-state index contributed by atoms with van der Waals surface area (Å²) in [6.07, 6.45) is 0.944. The molecular formula is C11H13F2NOS. The zero-order valence-corrected chi connectivity index (χ0v) is 9.96. The molecule has 0 radical (unpaired) electrons. The van der Waals surface area contributed by atoms with Gasteiger partial charge in [-0.25, -0.2) is 8.78 Å². The zero-order valence-electron chi connectivity index (χ0n) is 9.14. The SMILES string of the molecule is CCCSNc1ccc(F)c(C(C)=O)c1F. The standard InChI is InChI=1S/C11H13F2NOS/c1-3-6-16-14-9-5-4-8(12)10(7(2)15)11(9)13/h4-5,14H,3,6H2,1-2H3. The lowest BCUT2D eigenvalue weighted by molar-refractivity contribution is 0.101. The van der Waals surface area contributed by atoms with Crippen LogP contribution in [-0.4, -0.2) is 11.5 Å². The Kier molecular flexibility index (Phi) is 4.73. The number of rotatable bonds is 5. The van der Waals surface area contributed by atoms with Crippen LogP contribution in [0.25, 0.3) is 0 Å².